The first-order chi connectivity index (χ1) is 27.3. The number of rotatable bonds is 19. The number of aryl methyl sites for hydroxylation is 4. The summed E-state index contributed by atoms with van der Waals surface area (Å²) in [5.41, 5.74) is 18.9. The fourth-order valence-electron chi connectivity index (χ4n) is 10.1. The van der Waals surface area contributed by atoms with Crippen molar-refractivity contribution in [3.8, 4) is 0 Å². The van der Waals surface area contributed by atoms with Gasteiger partial charge in [-0.05, 0) is 98.4 Å². The molecule has 0 spiro atoms. The predicted octanol–water partition coefficient (Wildman–Crippen LogP) is 14.0. The molecule has 1 unspecified atom stereocenters. The van der Waals surface area contributed by atoms with Gasteiger partial charge in [0.05, 0.1) is 28.7 Å². The SMILES string of the molecule is CCCCCCCCCCOC(C)c1ccc2c3nc(cc4nc(cc5[n-]c(cc6[n-]c2c(CC)c6CC)c(CC)c5CC)C(CC)=C4CC)C(CC)(CC)c13.[Zn+2]. The summed E-state index contributed by atoms with van der Waals surface area (Å²) in [7, 11) is 0. The number of nitrogens with zero attached hydrogens (tertiary/aromatic N) is 4. The van der Waals surface area contributed by atoms with Crippen LogP contribution < -0.4 is 9.97 Å². The van der Waals surface area contributed by atoms with Crippen molar-refractivity contribution in [1.82, 2.24) is 19.9 Å². The number of unbranched alkanes of at least 4 members (excludes halogenated alkanes) is 7. The van der Waals surface area contributed by atoms with Crippen LogP contribution in [0.3, 0.4) is 0 Å². The maximum atomic E-state index is 6.74. The summed E-state index contributed by atoms with van der Waals surface area (Å²) in [4.78, 5) is 22.1. The second kappa shape index (κ2) is 20.3. The minimum Gasteiger partial charge on any atom is -0.657 e. The van der Waals surface area contributed by atoms with Crippen LogP contribution in [0.4, 0.5) is 0 Å². The first-order valence-electron chi connectivity index (χ1n) is 22.8. The molecule has 5 heterocycles. The number of hydrogen-bond acceptors (Lipinski definition) is 3. The van der Waals surface area contributed by atoms with Crippen LogP contribution in [0.1, 0.15) is 203 Å². The molecule has 8 bridgehead atoms. The summed E-state index contributed by atoms with van der Waals surface area (Å²) in [5.74, 6) is 0. The Morgan fingerprint density at radius 3 is 1.72 bits per heavy atom. The quantitative estimate of drug-likeness (QED) is 0.0696. The van der Waals surface area contributed by atoms with E-state index in [9.17, 15) is 0 Å². The third kappa shape index (κ3) is 8.52. The fraction of sp³-hybridized carbons (Fsp3) is 0.569. The molecule has 2 aliphatic rings. The van der Waals surface area contributed by atoms with Gasteiger partial charge in [-0.3, -0.25) is 4.98 Å². The Hall–Kier alpha value is -3.08. The van der Waals surface area contributed by atoms with Gasteiger partial charge >= 0.3 is 19.5 Å². The van der Waals surface area contributed by atoms with Gasteiger partial charge in [0.2, 0.25) is 0 Å². The molecule has 2 aliphatic heterocycles. The molecule has 0 radical (unpaired) electrons. The average molecular weight is 821 g/mol. The summed E-state index contributed by atoms with van der Waals surface area (Å²) in [6, 6.07) is 11.6. The van der Waals surface area contributed by atoms with Gasteiger partial charge in [-0.25, -0.2) is 4.98 Å². The van der Waals surface area contributed by atoms with Crippen LogP contribution in [-0.2, 0) is 55.3 Å². The Morgan fingerprint density at radius 1 is 0.596 bits per heavy atom. The second-order valence-electron chi connectivity index (χ2n) is 16.2. The molecule has 0 N–H and O–H groups in total. The van der Waals surface area contributed by atoms with Crippen molar-refractivity contribution < 1.29 is 24.2 Å². The molecule has 6 rings (SSSR count). The van der Waals surface area contributed by atoms with Crippen molar-refractivity contribution in [2.45, 2.75) is 183 Å². The first-order valence-corrected chi connectivity index (χ1v) is 22.8. The molecule has 0 saturated carbocycles. The van der Waals surface area contributed by atoms with Crippen LogP contribution in [0, 0.1) is 0 Å². The molecule has 57 heavy (non-hydrogen) atoms. The number of hydrogen-bond donors (Lipinski definition) is 0. The zero-order valence-corrected chi connectivity index (χ0v) is 40.4. The Balaban J connectivity index is 0.00000620. The van der Waals surface area contributed by atoms with Crippen molar-refractivity contribution in [3.05, 3.63) is 80.8 Å². The standard InChI is InChI=1S/C51H70N4O.Zn/c1-11-20-21-22-23-24-25-26-29-56-33(10)40-27-28-41-49-39(17-7)38(16-6)45(54-49)31-44-35(13-3)34(12-2)42(52-44)30-43-36(14-4)37(15-5)46(53-43)32-47-51(18-8,19-9)48(40)50(41)55-47;/h27-28,30-33H,11-26,29H2,1-10H3;/q-2;+2. The van der Waals surface area contributed by atoms with Crippen LogP contribution in [0.25, 0.3) is 44.1 Å². The number of allylic oxidation sites excluding steroid dienone is 2. The fourth-order valence-corrected chi connectivity index (χ4v) is 10.1. The Labute approximate surface area is 357 Å². The van der Waals surface area contributed by atoms with Crippen molar-refractivity contribution in [3.63, 3.8) is 0 Å². The molecule has 6 heteroatoms. The van der Waals surface area contributed by atoms with Gasteiger partial charge in [0.1, 0.15) is 0 Å². The van der Waals surface area contributed by atoms with Crippen LogP contribution >= 0.6 is 0 Å². The summed E-state index contributed by atoms with van der Waals surface area (Å²) in [6.45, 7) is 23.6. The summed E-state index contributed by atoms with van der Waals surface area (Å²) < 4.78 is 6.74. The van der Waals surface area contributed by atoms with Gasteiger partial charge in [-0.2, -0.15) is 0 Å². The van der Waals surface area contributed by atoms with Crippen LogP contribution in [0.5, 0.6) is 0 Å². The van der Waals surface area contributed by atoms with Crippen LogP contribution in [0.2, 0.25) is 0 Å². The third-order valence-electron chi connectivity index (χ3n) is 13.3. The molecule has 0 fully saturated rings. The molecular formula is C51H70N4OZn. The van der Waals surface area contributed by atoms with E-state index in [0.717, 1.165) is 114 Å². The average Bonchev–Trinajstić information content (AvgIpc) is 3.94. The molecule has 302 valence electrons. The summed E-state index contributed by atoms with van der Waals surface area (Å²) in [6.07, 6.45) is 17.8. The maximum absolute atomic E-state index is 6.74. The Bertz CT molecular complexity index is 2200. The minimum atomic E-state index is -0.264. The monoisotopic (exact) mass is 818 g/mol. The largest absolute Gasteiger partial charge is 2.00 e. The van der Waals surface area contributed by atoms with Crippen molar-refractivity contribution >= 4 is 44.1 Å². The third-order valence-corrected chi connectivity index (χ3v) is 13.3. The zero-order valence-electron chi connectivity index (χ0n) is 37.4. The second-order valence-corrected chi connectivity index (χ2v) is 16.2. The molecule has 0 aliphatic carbocycles. The van der Waals surface area contributed by atoms with Crippen molar-refractivity contribution in [2.24, 2.45) is 0 Å². The molecule has 5 nitrogen and oxygen atoms in total. The van der Waals surface area contributed by atoms with Gasteiger partial charge in [-0.15, -0.1) is 22.1 Å². The van der Waals surface area contributed by atoms with Gasteiger partial charge in [0, 0.05) is 12.0 Å². The van der Waals surface area contributed by atoms with Gasteiger partial charge in [0.15, 0.2) is 0 Å². The molecule has 1 aromatic carbocycles. The normalized spacial score (nSPS) is 14.2. The number of benzene rings is 1. The molecule has 1 atom stereocenters. The van der Waals surface area contributed by atoms with E-state index < -0.39 is 0 Å². The Morgan fingerprint density at radius 2 is 1.14 bits per heavy atom. The van der Waals surface area contributed by atoms with E-state index in [1.807, 2.05) is 0 Å². The maximum Gasteiger partial charge on any atom is 2.00 e. The zero-order chi connectivity index (χ0) is 40.0. The minimum absolute atomic E-state index is 0. The van der Waals surface area contributed by atoms with Crippen LogP contribution in [0.15, 0.2) is 30.3 Å². The smallest absolute Gasteiger partial charge is 0.657 e. The van der Waals surface area contributed by atoms with E-state index in [1.54, 1.807) is 0 Å². The van der Waals surface area contributed by atoms with Gasteiger partial charge < -0.3 is 14.7 Å². The number of aromatic nitrogens is 4. The molecule has 0 amide bonds. The first kappa shape index (κ1) is 45.0. The van der Waals surface area contributed by atoms with Gasteiger partial charge in [-0.1, -0.05) is 154 Å². The predicted molar refractivity (Wildman–Crippen MR) is 240 cm³/mol. The van der Waals surface area contributed by atoms with Crippen molar-refractivity contribution in [1.29, 1.82) is 0 Å². The molecule has 3 aromatic heterocycles. The summed E-state index contributed by atoms with van der Waals surface area (Å²) >= 11 is 0. The van der Waals surface area contributed by atoms with E-state index >= 15 is 0 Å². The topological polar surface area (TPSA) is 63.2 Å². The molecule has 0 saturated heterocycles. The molecular weight excluding hydrogens is 750 g/mol. The Kier molecular flexibility index (Phi) is 16.0. The van der Waals surface area contributed by atoms with Gasteiger partial charge in [0.25, 0.3) is 0 Å². The number of ether oxygens (including phenoxy) is 1. The van der Waals surface area contributed by atoms with Crippen LogP contribution in [-0.4, -0.2) is 16.6 Å². The van der Waals surface area contributed by atoms with E-state index in [-0.39, 0.29) is 31.0 Å². The summed E-state index contributed by atoms with van der Waals surface area (Å²) in [5, 5.41) is 1.14. The number of fused-ring (bicyclic) bond motifs is 8. The van der Waals surface area contributed by atoms with E-state index in [1.165, 1.54) is 89.5 Å². The van der Waals surface area contributed by atoms with Crippen molar-refractivity contribution in [2.75, 3.05) is 6.61 Å². The van der Waals surface area contributed by atoms with E-state index in [0.29, 0.717) is 0 Å². The molecule has 4 aromatic rings. The van der Waals surface area contributed by atoms with E-state index in [4.69, 9.17) is 24.7 Å². The van der Waals surface area contributed by atoms with E-state index in [2.05, 4.69) is 99.6 Å².